The van der Waals surface area contributed by atoms with E-state index in [4.69, 9.17) is 9.47 Å². The zero-order valence-electron chi connectivity index (χ0n) is 10.5. The first-order valence-electron chi connectivity index (χ1n) is 6.16. The van der Waals surface area contributed by atoms with Gasteiger partial charge in [0, 0.05) is 6.07 Å². The summed E-state index contributed by atoms with van der Waals surface area (Å²) in [4.78, 5) is 11.4. The molecule has 1 aliphatic carbocycles. The van der Waals surface area contributed by atoms with Gasteiger partial charge in [0.25, 0.3) is 0 Å². The van der Waals surface area contributed by atoms with Crippen molar-refractivity contribution in [3.05, 3.63) is 24.3 Å². The Balaban J connectivity index is 2.03. The molecule has 1 fully saturated rings. The normalized spacial score (nSPS) is 17.4. The summed E-state index contributed by atoms with van der Waals surface area (Å²) in [6.45, 7) is 0.232. The molecule has 18 heavy (non-hydrogen) atoms. The number of carbonyl (C=O) groups is 1. The van der Waals surface area contributed by atoms with Gasteiger partial charge in [-0.3, -0.25) is 4.79 Å². The van der Waals surface area contributed by atoms with Gasteiger partial charge in [-0.25, -0.2) is 0 Å². The summed E-state index contributed by atoms with van der Waals surface area (Å²) in [6.07, 6.45) is 3.33. The SMILES string of the molecule is COc1cccc(OCC2(C(=O)O)CCCC2)c1. The summed E-state index contributed by atoms with van der Waals surface area (Å²) in [5.41, 5.74) is -0.705. The van der Waals surface area contributed by atoms with Crippen LogP contribution < -0.4 is 9.47 Å². The maximum Gasteiger partial charge on any atom is 0.313 e. The smallest absolute Gasteiger partial charge is 0.313 e. The number of carboxylic acids is 1. The van der Waals surface area contributed by atoms with Crippen LogP contribution in [0, 0.1) is 5.41 Å². The molecule has 0 amide bonds. The van der Waals surface area contributed by atoms with Gasteiger partial charge in [-0.2, -0.15) is 0 Å². The van der Waals surface area contributed by atoms with Crippen LogP contribution in [-0.4, -0.2) is 24.8 Å². The minimum atomic E-state index is -0.747. The zero-order valence-corrected chi connectivity index (χ0v) is 10.5. The van der Waals surface area contributed by atoms with E-state index in [9.17, 15) is 9.90 Å². The highest BCUT2D eigenvalue weighted by Gasteiger charge is 2.42. The van der Waals surface area contributed by atoms with Gasteiger partial charge >= 0.3 is 5.97 Å². The van der Waals surface area contributed by atoms with E-state index in [2.05, 4.69) is 0 Å². The first-order valence-corrected chi connectivity index (χ1v) is 6.16. The van der Waals surface area contributed by atoms with Gasteiger partial charge in [0.15, 0.2) is 0 Å². The zero-order chi connectivity index (χ0) is 13.0. The average molecular weight is 250 g/mol. The molecule has 0 saturated heterocycles. The summed E-state index contributed by atoms with van der Waals surface area (Å²) >= 11 is 0. The van der Waals surface area contributed by atoms with Gasteiger partial charge in [-0.15, -0.1) is 0 Å². The molecule has 4 nitrogen and oxygen atoms in total. The average Bonchev–Trinajstić information content (AvgIpc) is 2.87. The third-order valence-corrected chi connectivity index (χ3v) is 3.57. The molecule has 1 aliphatic rings. The maximum absolute atomic E-state index is 11.4. The lowest BCUT2D eigenvalue weighted by Crippen LogP contribution is -2.34. The van der Waals surface area contributed by atoms with Crippen molar-refractivity contribution in [2.24, 2.45) is 5.41 Å². The molecule has 0 atom stereocenters. The topological polar surface area (TPSA) is 55.8 Å². The standard InChI is InChI=1S/C14H18O4/c1-17-11-5-4-6-12(9-11)18-10-14(13(15)16)7-2-3-8-14/h4-6,9H,2-3,7-8,10H2,1H3,(H,15,16). The van der Waals surface area contributed by atoms with Crippen molar-refractivity contribution >= 4 is 5.97 Å². The highest BCUT2D eigenvalue weighted by molar-refractivity contribution is 5.75. The van der Waals surface area contributed by atoms with Crippen LogP contribution in [0.2, 0.25) is 0 Å². The molecule has 0 radical (unpaired) electrons. The molecule has 0 spiro atoms. The first kappa shape index (κ1) is 12.7. The Hall–Kier alpha value is -1.71. The van der Waals surface area contributed by atoms with E-state index in [-0.39, 0.29) is 6.61 Å². The molecule has 4 heteroatoms. The van der Waals surface area contributed by atoms with Crippen LogP contribution >= 0.6 is 0 Å². The fraction of sp³-hybridized carbons (Fsp3) is 0.500. The van der Waals surface area contributed by atoms with Crippen molar-refractivity contribution in [2.45, 2.75) is 25.7 Å². The molecule has 0 unspecified atom stereocenters. The molecule has 2 rings (SSSR count). The number of carboxylic acid groups (broad SMARTS) is 1. The van der Waals surface area contributed by atoms with Crippen molar-refractivity contribution in [3.8, 4) is 11.5 Å². The third kappa shape index (κ3) is 2.58. The first-order chi connectivity index (χ1) is 8.66. The molecular formula is C14H18O4. The molecule has 1 aromatic carbocycles. The summed E-state index contributed by atoms with van der Waals surface area (Å²) in [6, 6.07) is 7.24. The van der Waals surface area contributed by atoms with E-state index in [1.807, 2.05) is 18.2 Å². The number of aliphatic carboxylic acids is 1. The molecule has 0 aliphatic heterocycles. The van der Waals surface area contributed by atoms with Crippen LogP contribution in [0.4, 0.5) is 0 Å². The van der Waals surface area contributed by atoms with Crippen molar-refractivity contribution in [2.75, 3.05) is 13.7 Å². The fourth-order valence-electron chi connectivity index (χ4n) is 2.38. The van der Waals surface area contributed by atoms with E-state index in [0.29, 0.717) is 24.3 Å². The second-order valence-corrected chi connectivity index (χ2v) is 4.76. The highest BCUT2D eigenvalue weighted by atomic mass is 16.5. The van der Waals surface area contributed by atoms with Crippen LogP contribution in [0.1, 0.15) is 25.7 Å². The Bertz CT molecular complexity index is 422. The predicted molar refractivity (Wildman–Crippen MR) is 67.0 cm³/mol. The number of hydrogen-bond acceptors (Lipinski definition) is 3. The number of methoxy groups -OCH3 is 1. The van der Waals surface area contributed by atoms with Crippen LogP contribution in [-0.2, 0) is 4.79 Å². The van der Waals surface area contributed by atoms with E-state index < -0.39 is 11.4 Å². The quantitative estimate of drug-likeness (QED) is 0.873. The number of benzene rings is 1. The van der Waals surface area contributed by atoms with E-state index in [1.165, 1.54) is 0 Å². The number of ether oxygens (including phenoxy) is 2. The third-order valence-electron chi connectivity index (χ3n) is 3.57. The lowest BCUT2D eigenvalue weighted by molar-refractivity contribution is -0.150. The lowest BCUT2D eigenvalue weighted by Gasteiger charge is -2.23. The molecule has 0 bridgehead atoms. The van der Waals surface area contributed by atoms with Gasteiger partial charge < -0.3 is 14.6 Å². The molecule has 1 aromatic rings. The van der Waals surface area contributed by atoms with Crippen molar-refractivity contribution in [1.29, 1.82) is 0 Å². The predicted octanol–water partition coefficient (Wildman–Crippen LogP) is 2.72. The maximum atomic E-state index is 11.4. The molecule has 0 heterocycles. The molecular weight excluding hydrogens is 232 g/mol. The van der Waals surface area contributed by atoms with Crippen molar-refractivity contribution in [1.82, 2.24) is 0 Å². The Morgan fingerprint density at radius 3 is 2.61 bits per heavy atom. The van der Waals surface area contributed by atoms with Gasteiger partial charge in [-0.1, -0.05) is 18.9 Å². The minimum Gasteiger partial charge on any atom is -0.497 e. The Kier molecular flexibility index (Phi) is 3.75. The van der Waals surface area contributed by atoms with Crippen LogP contribution in [0.15, 0.2) is 24.3 Å². The Labute approximate surface area is 107 Å². The second-order valence-electron chi connectivity index (χ2n) is 4.76. The molecule has 1 saturated carbocycles. The van der Waals surface area contributed by atoms with Gasteiger partial charge in [-0.05, 0) is 25.0 Å². The van der Waals surface area contributed by atoms with Crippen LogP contribution in [0.5, 0.6) is 11.5 Å². The van der Waals surface area contributed by atoms with Crippen molar-refractivity contribution in [3.63, 3.8) is 0 Å². The van der Waals surface area contributed by atoms with Gasteiger partial charge in [0.2, 0.25) is 0 Å². The van der Waals surface area contributed by atoms with E-state index in [0.717, 1.165) is 12.8 Å². The fourth-order valence-corrected chi connectivity index (χ4v) is 2.38. The lowest BCUT2D eigenvalue weighted by atomic mass is 9.87. The number of hydrogen-bond donors (Lipinski definition) is 1. The molecule has 1 N–H and O–H groups in total. The minimum absolute atomic E-state index is 0.232. The highest BCUT2D eigenvalue weighted by Crippen LogP contribution is 2.39. The van der Waals surface area contributed by atoms with Crippen molar-refractivity contribution < 1.29 is 19.4 Å². The monoisotopic (exact) mass is 250 g/mol. The van der Waals surface area contributed by atoms with Crippen LogP contribution in [0.3, 0.4) is 0 Å². The molecule has 0 aromatic heterocycles. The summed E-state index contributed by atoms with van der Waals surface area (Å²) in [7, 11) is 1.59. The Morgan fingerprint density at radius 1 is 1.33 bits per heavy atom. The largest absolute Gasteiger partial charge is 0.497 e. The summed E-state index contributed by atoms with van der Waals surface area (Å²) < 4.78 is 10.7. The summed E-state index contributed by atoms with van der Waals surface area (Å²) in [5, 5.41) is 9.34. The van der Waals surface area contributed by atoms with E-state index in [1.54, 1.807) is 13.2 Å². The van der Waals surface area contributed by atoms with Gasteiger partial charge in [0.1, 0.15) is 23.5 Å². The van der Waals surface area contributed by atoms with Gasteiger partial charge in [0.05, 0.1) is 7.11 Å². The Morgan fingerprint density at radius 2 is 2.00 bits per heavy atom. The second kappa shape index (κ2) is 5.29. The molecule has 98 valence electrons. The van der Waals surface area contributed by atoms with Crippen LogP contribution in [0.25, 0.3) is 0 Å². The number of rotatable bonds is 5. The summed E-state index contributed by atoms with van der Waals surface area (Å²) in [5.74, 6) is 0.619. The van der Waals surface area contributed by atoms with E-state index >= 15 is 0 Å².